The smallest absolute Gasteiger partial charge is 0.282 e. The molecule has 0 fully saturated rings. The van der Waals surface area contributed by atoms with E-state index in [4.69, 9.17) is 15.0 Å². The summed E-state index contributed by atoms with van der Waals surface area (Å²) in [5.41, 5.74) is 7.99. The Balaban J connectivity index is 1.72. The van der Waals surface area contributed by atoms with Gasteiger partial charge in [0.15, 0.2) is 11.5 Å². The fourth-order valence-electron chi connectivity index (χ4n) is 2.47. The van der Waals surface area contributed by atoms with Crippen molar-refractivity contribution in [2.45, 2.75) is 6.92 Å². The average Bonchev–Trinajstić information content (AvgIpc) is 3.30. The number of benzene rings is 1. The summed E-state index contributed by atoms with van der Waals surface area (Å²) in [5.74, 6) is 1.55. The van der Waals surface area contributed by atoms with Gasteiger partial charge in [0.05, 0.1) is 6.61 Å². The Morgan fingerprint density at radius 2 is 1.96 bits per heavy atom. The highest BCUT2D eigenvalue weighted by molar-refractivity contribution is 5.67. The molecule has 26 heavy (non-hydrogen) atoms. The lowest BCUT2D eigenvalue weighted by Crippen LogP contribution is -2.05. The first-order valence-corrected chi connectivity index (χ1v) is 7.95. The number of ether oxygens (including phenoxy) is 1. The fourth-order valence-corrected chi connectivity index (χ4v) is 2.47. The van der Waals surface area contributed by atoms with Crippen LogP contribution in [-0.2, 0) is 0 Å². The normalized spacial score (nSPS) is 10.8. The molecule has 0 radical (unpaired) electrons. The maximum atomic E-state index is 6.22. The topological polar surface area (TPSA) is 118 Å². The van der Waals surface area contributed by atoms with Crippen LogP contribution in [0.1, 0.15) is 6.92 Å². The van der Waals surface area contributed by atoms with E-state index in [9.17, 15) is 0 Å². The largest absolute Gasteiger partial charge is 0.492 e. The van der Waals surface area contributed by atoms with Gasteiger partial charge in [0.1, 0.15) is 11.4 Å². The Morgan fingerprint density at radius 1 is 1.15 bits per heavy atom. The minimum absolute atomic E-state index is 0.189. The molecule has 3 aromatic heterocycles. The number of nitrogen functional groups attached to an aromatic ring is 1. The summed E-state index contributed by atoms with van der Waals surface area (Å²) in [4.78, 5) is 8.31. The van der Waals surface area contributed by atoms with Crippen molar-refractivity contribution in [2.24, 2.45) is 0 Å². The number of para-hydroxylation sites is 2. The van der Waals surface area contributed by atoms with Crippen LogP contribution < -0.4 is 10.5 Å². The van der Waals surface area contributed by atoms with Crippen LogP contribution in [0.3, 0.4) is 0 Å². The van der Waals surface area contributed by atoms with Crippen LogP contribution in [0.4, 0.5) is 5.82 Å². The van der Waals surface area contributed by atoms with Crippen LogP contribution >= 0.6 is 0 Å². The molecule has 0 aliphatic carbocycles. The number of hydrogen-bond acceptors (Lipinski definition) is 8. The van der Waals surface area contributed by atoms with E-state index in [0.29, 0.717) is 29.6 Å². The van der Waals surface area contributed by atoms with Gasteiger partial charge in [0, 0.05) is 18.0 Å². The van der Waals surface area contributed by atoms with Crippen molar-refractivity contribution in [3.05, 3.63) is 48.8 Å². The number of rotatable bonds is 5. The maximum absolute atomic E-state index is 6.22. The third-order valence-electron chi connectivity index (χ3n) is 3.67. The van der Waals surface area contributed by atoms with Gasteiger partial charge in [0.2, 0.25) is 5.82 Å². The van der Waals surface area contributed by atoms with Gasteiger partial charge in [-0.15, -0.1) is 5.10 Å². The molecule has 130 valence electrons. The number of aromatic nitrogens is 6. The molecule has 0 saturated carbocycles. The Morgan fingerprint density at radius 3 is 2.77 bits per heavy atom. The number of nitrogens with zero attached hydrogens (tertiary/aromatic N) is 6. The molecule has 3 heterocycles. The van der Waals surface area contributed by atoms with Crippen LogP contribution in [0.2, 0.25) is 0 Å². The number of pyridine rings is 1. The van der Waals surface area contributed by atoms with Crippen molar-refractivity contribution >= 4 is 5.82 Å². The molecule has 0 saturated heterocycles. The quantitative estimate of drug-likeness (QED) is 0.583. The third-order valence-corrected chi connectivity index (χ3v) is 3.67. The second-order valence-electron chi connectivity index (χ2n) is 5.29. The second kappa shape index (κ2) is 6.63. The molecule has 9 heteroatoms. The average molecular weight is 349 g/mol. The number of nitrogens with two attached hydrogens (primary N) is 1. The molecule has 0 bridgehead atoms. The minimum Gasteiger partial charge on any atom is -0.492 e. The van der Waals surface area contributed by atoms with Crippen LogP contribution in [0.5, 0.6) is 5.75 Å². The zero-order valence-corrected chi connectivity index (χ0v) is 13.9. The predicted octanol–water partition coefficient (Wildman–Crippen LogP) is 2.36. The van der Waals surface area contributed by atoms with Crippen LogP contribution in [-0.4, -0.2) is 36.7 Å². The summed E-state index contributed by atoms with van der Waals surface area (Å²) >= 11 is 0. The second-order valence-corrected chi connectivity index (χ2v) is 5.29. The van der Waals surface area contributed by atoms with Crippen molar-refractivity contribution in [1.82, 2.24) is 30.1 Å². The molecule has 4 aromatic rings. The molecule has 4 rings (SSSR count). The summed E-state index contributed by atoms with van der Waals surface area (Å²) in [6.07, 6.45) is 3.31. The van der Waals surface area contributed by atoms with Gasteiger partial charge < -0.3 is 15.0 Å². The maximum Gasteiger partial charge on any atom is 0.282 e. The fraction of sp³-hybridized carbons (Fsp3) is 0.118. The minimum atomic E-state index is 0.189. The monoisotopic (exact) mass is 349 g/mol. The lowest BCUT2D eigenvalue weighted by Gasteiger charge is -2.10. The molecular formula is C17H15N7O2. The molecular weight excluding hydrogens is 334 g/mol. The molecule has 2 N–H and O–H groups in total. The molecule has 9 nitrogen and oxygen atoms in total. The third kappa shape index (κ3) is 2.75. The van der Waals surface area contributed by atoms with Crippen molar-refractivity contribution in [3.63, 3.8) is 0 Å². The first-order chi connectivity index (χ1) is 12.8. The molecule has 0 atom stereocenters. The van der Waals surface area contributed by atoms with Crippen molar-refractivity contribution < 1.29 is 9.26 Å². The molecule has 0 unspecified atom stereocenters. The van der Waals surface area contributed by atoms with Gasteiger partial charge in [-0.25, -0.2) is 0 Å². The van der Waals surface area contributed by atoms with E-state index >= 15 is 0 Å². The summed E-state index contributed by atoms with van der Waals surface area (Å²) in [6.45, 7) is 2.43. The van der Waals surface area contributed by atoms with Crippen molar-refractivity contribution in [3.8, 4) is 34.4 Å². The van der Waals surface area contributed by atoms with Gasteiger partial charge >= 0.3 is 0 Å². The summed E-state index contributed by atoms with van der Waals surface area (Å²) in [7, 11) is 0. The van der Waals surface area contributed by atoms with Gasteiger partial charge in [-0.05, 0) is 31.2 Å². The van der Waals surface area contributed by atoms with Gasteiger partial charge in [-0.2, -0.15) is 9.67 Å². The van der Waals surface area contributed by atoms with E-state index in [2.05, 4.69) is 25.4 Å². The van der Waals surface area contributed by atoms with Gasteiger partial charge in [-0.1, -0.05) is 22.5 Å². The van der Waals surface area contributed by atoms with E-state index in [0.717, 1.165) is 5.56 Å². The Kier molecular flexibility index (Phi) is 4.02. The van der Waals surface area contributed by atoms with E-state index in [1.54, 1.807) is 24.5 Å². The molecule has 1 aromatic carbocycles. The highest BCUT2D eigenvalue weighted by atomic mass is 16.5. The lowest BCUT2D eigenvalue weighted by molar-refractivity contribution is 0.338. The first kappa shape index (κ1) is 15.8. The van der Waals surface area contributed by atoms with Gasteiger partial charge in [0.25, 0.3) is 5.89 Å². The Labute approximate surface area is 148 Å². The highest BCUT2D eigenvalue weighted by Crippen LogP contribution is 2.29. The molecule has 0 aliphatic rings. The Bertz CT molecular complexity index is 1030. The summed E-state index contributed by atoms with van der Waals surface area (Å²) in [5, 5.41) is 12.2. The van der Waals surface area contributed by atoms with E-state index < -0.39 is 0 Å². The van der Waals surface area contributed by atoms with Crippen LogP contribution in [0.25, 0.3) is 28.7 Å². The van der Waals surface area contributed by atoms with E-state index in [1.807, 2.05) is 31.2 Å². The lowest BCUT2D eigenvalue weighted by atomic mass is 10.2. The molecule has 0 aliphatic heterocycles. The van der Waals surface area contributed by atoms with Crippen molar-refractivity contribution in [2.75, 3.05) is 12.3 Å². The van der Waals surface area contributed by atoms with Crippen LogP contribution in [0.15, 0.2) is 53.3 Å². The zero-order valence-electron chi connectivity index (χ0n) is 13.9. The zero-order chi connectivity index (χ0) is 17.9. The first-order valence-electron chi connectivity index (χ1n) is 7.95. The summed E-state index contributed by atoms with van der Waals surface area (Å²) in [6, 6.07) is 11.0. The number of anilines is 1. The Hall–Kier alpha value is -3.75. The van der Waals surface area contributed by atoms with E-state index in [-0.39, 0.29) is 11.7 Å². The predicted molar refractivity (Wildman–Crippen MR) is 93.5 cm³/mol. The van der Waals surface area contributed by atoms with Gasteiger partial charge in [-0.3, -0.25) is 4.98 Å². The van der Waals surface area contributed by atoms with Crippen LogP contribution in [0, 0.1) is 0 Å². The van der Waals surface area contributed by atoms with E-state index in [1.165, 1.54) is 4.68 Å². The molecule has 0 spiro atoms. The SMILES string of the molecule is CCOc1ccccc1-n1nnc(-c2nc(-c3ccncc3)no2)c1N. The number of hydrogen-bond donors (Lipinski definition) is 1. The summed E-state index contributed by atoms with van der Waals surface area (Å²) < 4.78 is 12.4. The molecule has 0 amide bonds. The standard InChI is InChI=1S/C17H15N7O2/c1-2-25-13-6-4-3-5-12(13)24-15(18)14(21-23-24)17-20-16(22-26-17)11-7-9-19-10-8-11/h3-10H,2,18H2,1H3. The highest BCUT2D eigenvalue weighted by Gasteiger charge is 2.21. The van der Waals surface area contributed by atoms with Crippen molar-refractivity contribution in [1.29, 1.82) is 0 Å².